The van der Waals surface area contributed by atoms with Gasteiger partial charge in [-0.1, -0.05) is 52.0 Å². The fourth-order valence-electron chi connectivity index (χ4n) is 2.88. The van der Waals surface area contributed by atoms with Gasteiger partial charge in [0.1, 0.15) is 6.17 Å². The van der Waals surface area contributed by atoms with Crippen LogP contribution in [0.5, 0.6) is 0 Å². The highest BCUT2D eigenvalue weighted by atomic mass is 16.2. The average Bonchev–Trinajstić information content (AvgIpc) is 2.71. The molecule has 1 N–H and O–H groups in total. The van der Waals surface area contributed by atoms with Gasteiger partial charge in [0.05, 0.1) is 5.54 Å². The van der Waals surface area contributed by atoms with E-state index in [1.807, 2.05) is 18.7 Å². The van der Waals surface area contributed by atoms with Gasteiger partial charge in [-0.25, -0.2) is 0 Å². The lowest BCUT2D eigenvalue weighted by Crippen LogP contribution is -2.42. The van der Waals surface area contributed by atoms with Crippen molar-refractivity contribution in [2.24, 2.45) is 0 Å². The summed E-state index contributed by atoms with van der Waals surface area (Å²) < 4.78 is 0. The SMILES string of the molecule is CCN1C(=O)C(C)(CC)NC1c1ccc(C(C)(C)C)cc1. The Morgan fingerprint density at radius 1 is 1.19 bits per heavy atom. The molecule has 1 fully saturated rings. The highest BCUT2D eigenvalue weighted by Gasteiger charge is 2.46. The summed E-state index contributed by atoms with van der Waals surface area (Å²) in [6, 6.07) is 8.65. The number of benzene rings is 1. The predicted molar refractivity (Wildman–Crippen MR) is 87.1 cm³/mol. The van der Waals surface area contributed by atoms with E-state index in [0.29, 0.717) is 0 Å². The van der Waals surface area contributed by atoms with Crippen LogP contribution in [0.2, 0.25) is 0 Å². The lowest BCUT2D eigenvalue weighted by Gasteiger charge is -2.24. The zero-order chi connectivity index (χ0) is 15.8. The number of carbonyl (C=O) groups excluding carboxylic acids is 1. The van der Waals surface area contributed by atoms with Crippen molar-refractivity contribution in [2.45, 2.75) is 65.1 Å². The molecular formula is C18H28N2O. The molecular weight excluding hydrogens is 260 g/mol. The monoisotopic (exact) mass is 288 g/mol. The first kappa shape index (κ1) is 16.0. The Balaban J connectivity index is 2.31. The van der Waals surface area contributed by atoms with Gasteiger partial charge in [0.2, 0.25) is 5.91 Å². The van der Waals surface area contributed by atoms with Crippen LogP contribution in [0.1, 0.15) is 65.3 Å². The largest absolute Gasteiger partial charge is 0.322 e. The second-order valence-corrected chi connectivity index (χ2v) is 7.20. The first-order valence-electron chi connectivity index (χ1n) is 7.92. The van der Waals surface area contributed by atoms with E-state index in [9.17, 15) is 4.79 Å². The normalized spacial score (nSPS) is 26.5. The minimum atomic E-state index is -0.441. The molecule has 1 amide bonds. The van der Waals surface area contributed by atoms with Gasteiger partial charge in [-0.05, 0) is 36.8 Å². The summed E-state index contributed by atoms with van der Waals surface area (Å²) in [6.45, 7) is 13.5. The van der Waals surface area contributed by atoms with Gasteiger partial charge in [-0.3, -0.25) is 10.1 Å². The molecule has 0 aliphatic carbocycles. The Morgan fingerprint density at radius 2 is 1.76 bits per heavy atom. The van der Waals surface area contributed by atoms with E-state index in [0.717, 1.165) is 18.5 Å². The lowest BCUT2D eigenvalue weighted by atomic mass is 9.86. The summed E-state index contributed by atoms with van der Waals surface area (Å²) in [6.07, 6.45) is 0.792. The summed E-state index contributed by atoms with van der Waals surface area (Å²) >= 11 is 0. The molecule has 21 heavy (non-hydrogen) atoms. The molecule has 2 atom stereocenters. The summed E-state index contributed by atoms with van der Waals surface area (Å²) in [7, 11) is 0. The Bertz CT molecular complexity index is 515. The third-order valence-corrected chi connectivity index (χ3v) is 4.64. The molecule has 1 aromatic carbocycles. The zero-order valence-electron chi connectivity index (χ0n) is 14.2. The highest BCUT2D eigenvalue weighted by Crippen LogP contribution is 2.33. The van der Waals surface area contributed by atoms with E-state index in [-0.39, 0.29) is 17.5 Å². The maximum atomic E-state index is 12.6. The van der Waals surface area contributed by atoms with E-state index in [1.54, 1.807) is 0 Å². The molecule has 0 saturated carbocycles. The molecule has 2 unspecified atom stereocenters. The lowest BCUT2D eigenvalue weighted by molar-refractivity contribution is -0.132. The van der Waals surface area contributed by atoms with E-state index >= 15 is 0 Å². The quantitative estimate of drug-likeness (QED) is 0.921. The van der Waals surface area contributed by atoms with Gasteiger partial charge < -0.3 is 4.90 Å². The van der Waals surface area contributed by atoms with Crippen LogP contribution in [0.3, 0.4) is 0 Å². The van der Waals surface area contributed by atoms with Gasteiger partial charge in [0, 0.05) is 6.54 Å². The maximum Gasteiger partial charge on any atom is 0.244 e. The smallest absolute Gasteiger partial charge is 0.244 e. The molecule has 3 nitrogen and oxygen atoms in total. The van der Waals surface area contributed by atoms with Crippen LogP contribution in [0.15, 0.2) is 24.3 Å². The fourth-order valence-corrected chi connectivity index (χ4v) is 2.88. The van der Waals surface area contributed by atoms with Crippen LogP contribution < -0.4 is 5.32 Å². The summed E-state index contributed by atoms with van der Waals surface area (Å²) in [5.74, 6) is 0.206. The van der Waals surface area contributed by atoms with E-state index < -0.39 is 5.54 Å². The van der Waals surface area contributed by atoms with Gasteiger partial charge >= 0.3 is 0 Å². The molecule has 1 heterocycles. The second-order valence-electron chi connectivity index (χ2n) is 7.20. The van der Waals surface area contributed by atoms with Gasteiger partial charge in [0.15, 0.2) is 0 Å². The molecule has 0 spiro atoms. The van der Waals surface area contributed by atoms with Gasteiger partial charge in [-0.15, -0.1) is 0 Å². The molecule has 0 radical (unpaired) electrons. The topological polar surface area (TPSA) is 32.3 Å². The minimum absolute atomic E-state index is 0.0125. The molecule has 0 aromatic heterocycles. The number of nitrogens with one attached hydrogen (secondary N) is 1. The van der Waals surface area contributed by atoms with Crippen LogP contribution >= 0.6 is 0 Å². The van der Waals surface area contributed by atoms with Crippen molar-refractivity contribution in [3.8, 4) is 0 Å². The Hall–Kier alpha value is -1.35. The second kappa shape index (κ2) is 5.45. The molecule has 1 saturated heterocycles. The van der Waals surface area contributed by atoms with Crippen molar-refractivity contribution < 1.29 is 4.79 Å². The highest BCUT2D eigenvalue weighted by molar-refractivity contribution is 5.88. The Morgan fingerprint density at radius 3 is 2.19 bits per heavy atom. The number of likely N-dealkylation sites (N-methyl/N-ethyl adjacent to an activating group) is 1. The van der Waals surface area contributed by atoms with Crippen molar-refractivity contribution in [1.29, 1.82) is 0 Å². The van der Waals surface area contributed by atoms with Crippen LogP contribution in [0, 0.1) is 0 Å². The van der Waals surface area contributed by atoms with Crippen LogP contribution in [-0.4, -0.2) is 22.9 Å². The van der Waals surface area contributed by atoms with Crippen LogP contribution in [0.25, 0.3) is 0 Å². The average molecular weight is 288 g/mol. The predicted octanol–water partition coefficient (Wildman–Crippen LogP) is 3.60. The Kier molecular flexibility index (Phi) is 4.16. The minimum Gasteiger partial charge on any atom is -0.322 e. The van der Waals surface area contributed by atoms with E-state index in [1.165, 1.54) is 5.56 Å². The van der Waals surface area contributed by atoms with Crippen molar-refractivity contribution in [2.75, 3.05) is 6.54 Å². The standard InChI is InChI=1S/C18H28N2O/c1-7-18(6)16(21)20(8-2)15(19-18)13-9-11-14(12-10-13)17(3,4)5/h9-12,15,19H,7-8H2,1-6H3. The number of hydrogen-bond acceptors (Lipinski definition) is 2. The van der Waals surface area contributed by atoms with Gasteiger partial charge in [-0.2, -0.15) is 0 Å². The zero-order valence-corrected chi connectivity index (χ0v) is 14.2. The maximum absolute atomic E-state index is 12.6. The third kappa shape index (κ3) is 2.84. The Labute approximate surface area is 128 Å². The van der Waals surface area contributed by atoms with Gasteiger partial charge in [0.25, 0.3) is 0 Å². The third-order valence-electron chi connectivity index (χ3n) is 4.64. The number of rotatable bonds is 3. The summed E-state index contributed by atoms with van der Waals surface area (Å²) in [4.78, 5) is 14.5. The first-order valence-corrected chi connectivity index (χ1v) is 7.92. The molecule has 1 aromatic rings. The number of nitrogens with zero attached hydrogens (tertiary/aromatic N) is 1. The number of hydrogen-bond donors (Lipinski definition) is 1. The van der Waals surface area contributed by atoms with E-state index in [4.69, 9.17) is 0 Å². The molecule has 116 valence electrons. The van der Waals surface area contributed by atoms with E-state index in [2.05, 4.69) is 57.3 Å². The molecule has 3 heteroatoms. The fraction of sp³-hybridized carbons (Fsp3) is 0.611. The number of carbonyl (C=O) groups is 1. The van der Waals surface area contributed by atoms with Crippen molar-refractivity contribution in [3.63, 3.8) is 0 Å². The van der Waals surface area contributed by atoms with Crippen molar-refractivity contribution in [3.05, 3.63) is 35.4 Å². The molecule has 1 aliphatic heterocycles. The molecule has 1 aliphatic rings. The van der Waals surface area contributed by atoms with Crippen molar-refractivity contribution >= 4 is 5.91 Å². The van der Waals surface area contributed by atoms with Crippen molar-refractivity contribution in [1.82, 2.24) is 10.2 Å². The summed E-state index contributed by atoms with van der Waals surface area (Å²) in [5.41, 5.74) is 2.19. The molecule has 0 bridgehead atoms. The van der Waals surface area contributed by atoms with Crippen LogP contribution in [0.4, 0.5) is 0 Å². The summed E-state index contributed by atoms with van der Waals surface area (Å²) in [5, 5.41) is 3.52. The molecule has 2 rings (SSSR count). The van der Waals surface area contributed by atoms with Crippen LogP contribution in [-0.2, 0) is 10.2 Å². The first-order chi connectivity index (χ1) is 9.73. The number of amides is 1.